The molecule has 2 rings (SSSR count). The molecule has 0 amide bonds. The number of benzene rings is 1. The number of nitrogens with one attached hydrogen (secondary N) is 1. The van der Waals surface area contributed by atoms with Gasteiger partial charge in [0.1, 0.15) is 10.4 Å². The van der Waals surface area contributed by atoms with Crippen LogP contribution >= 0.6 is 15.9 Å². The number of aromatic nitrogens is 2. The van der Waals surface area contributed by atoms with E-state index in [0.29, 0.717) is 10.4 Å². The van der Waals surface area contributed by atoms with Crippen molar-refractivity contribution in [1.82, 2.24) is 9.97 Å². The van der Waals surface area contributed by atoms with Crippen molar-refractivity contribution in [2.75, 3.05) is 11.8 Å². The Morgan fingerprint density at radius 2 is 1.84 bits per heavy atom. The molecule has 1 N–H and O–H groups in total. The Kier molecular flexibility index (Phi) is 4.01. The van der Waals surface area contributed by atoms with Crippen LogP contribution in [0.25, 0.3) is 0 Å². The molecule has 1 heterocycles. The zero-order valence-corrected chi connectivity index (χ0v) is 12.3. The Morgan fingerprint density at radius 3 is 2.37 bits per heavy atom. The van der Waals surface area contributed by atoms with Crippen molar-refractivity contribution < 1.29 is 13.2 Å². The molecule has 0 spiro atoms. The second-order valence-electron chi connectivity index (χ2n) is 3.51. The van der Waals surface area contributed by atoms with Crippen molar-refractivity contribution in [3.8, 4) is 5.75 Å². The van der Waals surface area contributed by atoms with Crippen molar-refractivity contribution >= 4 is 31.8 Å². The summed E-state index contributed by atoms with van der Waals surface area (Å²) in [6.45, 7) is 0. The van der Waals surface area contributed by atoms with Gasteiger partial charge in [-0.3, -0.25) is 4.72 Å². The molecule has 100 valence electrons. The summed E-state index contributed by atoms with van der Waals surface area (Å²) < 4.78 is 31.9. The minimum Gasteiger partial charge on any atom is -0.497 e. The van der Waals surface area contributed by atoms with Gasteiger partial charge in [0.25, 0.3) is 10.0 Å². The lowest BCUT2D eigenvalue weighted by atomic mass is 10.3. The molecule has 8 heteroatoms. The predicted octanol–water partition coefficient (Wildman–Crippen LogP) is 2.05. The number of hydrogen-bond donors (Lipinski definition) is 1. The highest BCUT2D eigenvalue weighted by molar-refractivity contribution is 9.10. The minimum absolute atomic E-state index is 0.123. The molecule has 19 heavy (non-hydrogen) atoms. The topological polar surface area (TPSA) is 81.2 Å². The zero-order chi connectivity index (χ0) is 13.9. The lowest BCUT2D eigenvalue weighted by Gasteiger charge is -2.07. The quantitative estimate of drug-likeness (QED) is 0.918. The van der Waals surface area contributed by atoms with E-state index in [9.17, 15) is 8.42 Å². The number of nitrogens with zero attached hydrogens (tertiary/aromatic N) is 2. The summed E-state index contributed by atoms with van der Waals surface area (Å²) in [5, 5.41) is 0. The standard InChI is InChI=1S/C11H10BrN3O3S/c1-18-8-2-4-9(5-3-8)19(16,17)15-11-7-13-10(12)6-14-11/h2-7H,1H3,(H,14,15). The van der Waals surface area contributed by atoms with E-state index in [1.165, 1.54) is 31.6 Å². The van der Waals surface area contributed by atoms with E-state index in [4.69, 9.17) is 4.74 Å². The Balaban J connectivity index is 2.24. The monoisotopic (exact) mass is 343 g/mol. The van der Waals surface area contributed by atoms with Crippen LogP contribution < -0.4 is 9.46 Å². The SMILES string of the molecule is COc1ccc(S(=O)(=O)Nc2cnc(Br)cn2)cc1. The number of ether oxygens (including phenoxy) is 1. The molecule has 0 aliphatic carbocycles. The van der Waals surface area contributed by atoms with E-state index in [2.05, 4.69) is 30.6 Å². The van der Waals surface area contributed by atoms with Gasteiger partial charge in [-0.2, -0.15) is 0 Å². The first-order chi connectivity index (χ1) is 9.01. The Labute approximate surface area is 119 Å². The maximum atomic E-state index is 12.1. The normalized spacial score (nSPS) is 11.1. The average Bonchev–Trinajstić information content (AvgIpc) is 2.41. The molecule has 6 nitrogen and oxygen atoms in total. The van der Waals surface area contributed by atoms with Crippen LogP contribution in [-0.4, -0.2) is 25.5 Å². The second kappa shape index (κ2) is 5.54. The average molecular weight is 344 g/mol. The lowest BCUT2D eigenvalue weighted by molar-refractivity contribution is 0.414. The molecule has 0 fully saturated rings. The van der Waals surface area contributed by atoms with Crippen LogP contribution in [0.5, 0.6) is 5.75 Å². The van der Waals surface area contributed by atoms with Crippen molar-refractivity contribution in [2.24, 2.45) is 0 Å². The molecule has 0 radical (unpaired) electrons. The van der Waals surface area contributed by atoms with E-state index in [1.807, 2.05) is 0 Å². The zero-order valence-electron chi connectivity index (χ0n) is 9.87. The van der Waals surface area contributed by atoms with E-state index in [1.54, 1.807) is 12.1 Å². The fraction of sp³-hybridized carbons (Fsp3) is 0.0909. The number of anilines is 1. The number of halogens is 1. The third kappa shape index (κ3) is 3.42. The summed E-state index contributed by atoms with van der Waals surface area (Å²) >= 11 is 3.12. The maximum absolute atomic E-state index is 12.1. The molecule has 1 aromatic heterocycles. The van der Waals surface area contributed by atoms with Gasteiger partial charge in [0, 0.05) is 0 Å². The van der Waals surface area contributed by atoms with Crippen molar-refractivity contribution in [2.45, 2.75) is 4.90 Å². The smallest absolute Gasteiger partial charge is 0.263 e. The maximum Gasteiger partial charge on any atom is 0.263 e. The summed E-state index contributed by atoms with van der Waals surface area (Å²) in [5.74, 6) is 0.737. The van der Waals surface area contributed by atoms with Gasteiger partial charge in [-0.05, 0) is 40.2 Å². The van der Waals surface area contributed by atoms with Crippen LogP contribution in [0.2, 0.25) is 0 Å². The van der Waals surface area contributed by atoms with Crippen molar-refractivity contribution in [1.29, 1.82) is 0 Å². The Hall–Kier alpha value is -1.67. The largest absolute Gasteiger partial charge is 0.497 e. The number of hydrogen-bond acceptors (Lipinski definition) is 5. The summed E-state index contributed by atoms with van der Waals surface area (Å²) in [7, 11) is -2.16. The van der Waals surface area contributed by atoms with Crippen LogP contribution in [0.15, 0.2) is 46.2 Å². The molecule has 0 aliphatic rings. The van der Waals surface area contributed by atoms with Gasteiger partial charge in [0.05, 0.1) is 24.4 Å². The Bertz CT molecular complexity index is 657. The molecule has 1 aromatic carbocycles. The van der Waals surface area contributed by atoms with E-state index in [0.717, 1.165) is 0 Å². The molecule has 0 bridgehead atoms. The fourth-order valence-electron chi connectivity index (χ4n) is 1.32. The number of sulfonamides is 1. The summed E-state index contributed by atoms with van der Waals surface area (Å²) in [4.78, 5) is 7.91. The summed E-state index contributed by atoms with van der Waals surface area (Å²) in [6, 6.07) is 6.05. The van der Waals surface area contributed by atoms with Gasteiger partial charge >= 0.3 is 0 Å². The molecule has 0 saturated heterocycles. The summed E-state index contributed by atoms with van der Waals surface area (Å²) in [5.41, 5.74) is 0. The van der Waals surface area contributed by atoms with Crippen LogP contribution in [0, 0.1) is 0 Å². The molecule has 0 atom stereocenters. The number of rotatable bonds is 4. The second-order valence-corrected chi connectivity index (χ2v) is 6.00. The molecule has 0 aliphatic heterocycles. The molecule has 0 saturated carbocycles. The first-order valence-electron chi connectivity index (χ1n) is 5.16. The molecule has 2 aromatic rings. The highest BCUT2D eigenvalue weighted by Crippen LogP contribution is 2.18. The molecule has 0 unspecified atom stereocenters. The lowest BCUT2D eigenvalue weighted by Crippen LogP contribution is -2.14. The van der Waals surface area contributed by atoms with Crippen LogP contribution in [0.1, 0.15) is 0 Å². The third-order valence-electron chi connectivity index (χ3n) is 2.23. The van der Waals surface area contributed by atoms with Gasteiger partial charge in [-0.1, -0.05) is 0 Å². The van der Waals surface area contributed by atoms with Gasteiger partial charge in [-0.25, -0.2) is 18.4 Å². The Morgan fingerprint density at radius 1 is 1.16 bits per heavy atom. The summed E-state index contributed by atoms with van der Waals surface area (Å²) in [6.07, 6.45) is 2.73. The van der Waals surface area contributed by atoms with Gasteiger partial charge < -0.3 is 4.74 Å². The van der Waals surface area contributed by atoms with E-state index in [-0.39, 0.29) is 10.7 Å². The predicted molar refractivity (Wildman–Crippen MR) is 73.5 cm³/mol. The van der Waals surface area contributed by atoms with Crippen LogP contribution in [0.4, 0.5) is 5.82 Å². The van der Waals surface area contributed by atoms with Crippen molar-refractivity contribution in [3.63, 3.8) is 0 Å². The van der Waals surface area contributed by atoms with Gasteiger partial charge in [-0.15, -0.1) is 0 Å². The number of methoxy groups -OCH3 is 1. The highest BCUT2D eigenvalue weighted by Gasteiger charge is 2.14. The first-order valence-corrected chi connectivity index (χ1v) is 7.43. The highest BCUT2D eigenvalue weighted by atomic mass is 79.9. The molecular formula is C11H10BrN3O3S. The van der Waals surface area contributed by atoms with E-state index >= 15 is 0 Å². The van der Waals surface area contributed by atoms with Crippen LogP contribution in [-0.2, 0) is 10.0 Å². The van der Waals surface area contributed by atoms with Gasteiger partial charge in [0.15, 0.2) is 5.82 Å². The fourth-order valence-corrected chi connectivity index (χ4v) is 2.51. The molecular weight excluding hydrogens is 334 g/mol. The van der Waals surface area contributed by atoms with Gasteiger partial charge in [0.2, 0.25) is 0 Å². The van der Waals surface area contributed by atoms with Crippen LogP contribution in [0.3, 0.4) is 0 Å². The third-order valence-corrected chi connectivity index (χ3v) is 4.01. The van der Waals surface area contributed by atoms with E-state index < -0.39 is 10.0 Å². The first kappa shape index (κ1) is 13.8. The minimum atomic E-state index is -3.67. The van der Waals surface area contributed by atoms with Crippen molar-refractivity contribution in [3.05, 3.63) is 41.3 Å².